The van der Waals surface area contributed by atoms with Crippen LogP contribution in [0.15, 0.2) is 0 Å². The van der Waals surface area contributed by atoms with E-state index >= 15 is 0 Å². The third-order valence-electron chi connectivity index (χ3n) is 3.54. The van der Waals surface area contributed by atoms with Crippen LogP contribution in [0.5, 0.6) is 0 Å². The van der Waals surface area contributed by atoms with E-state index in [2.05, 4.69) is 13.8 Å². The highest BCUT2D eigenvalue weighted by Crippen LogP contribution is 2.38. The minimum absolute atomic E-state index is 0.766. The van der Waals surface area contributed by atoms with Gasteiger partial charge in [-0.3, -0.25) is 0 Å². The van der Waals surface area contributed by atoms with Gasteiger partial charge in [0, 0.05) is 7.11 Å². The van der Waals surface area contributed by atoms with E-state index in [1.54, 1.807) is 7.11 Å². The van der Waals surface area contributed by atoms with E-state index in [0.717, 1.165) is 26.1 Å². The molecule has 0 N–H and O–H groups in total. The summed E-state index contributed by atoms with van der Waals surface area (Å²) in [4.78, 5) is 0. The highest BCUT2D eigenvalue weighted by Gasteiger charge is 2.09. The number of hydrogen-bond donors (Lipinski definition) is 0. The van der Waals surface area contributed by atoms with Crippen molar-refractivity contribution in [3.05, 3.63) is 0 Å². The van der Waals surface area contributed by atoms with Gasteiger partial charge in [0.15, 0.2) is 0 Å². The van der Waals surface area contributed by atoms with Gasteiger partial charge in [0.1, 0.15) is 0 Å². The quantitative estimate of drug-likeness (QED) is 0.223. The normalized spacial score (nSPS) is 11.4. The third kappa shape index (κ3) is 16.5. The molecular formula is C17H37O3P. The molecule has 0 aliphatic rings. The smallest absolute Gasteiger partial charge is 0.316 e. The molecule has 3 nitrogen and oxygen atoms in total. The predicted molar refractivity (Wildman–Crippen MR) is 92.6 cm³/mol. The van der Waals surface area contributed by atoms with E-state index in [1.165, 1.54) is 64.2 Å². The molecule has 0 aromatic carbocycles. The lowest BCUT2D eigenvalue weighted by atomic mass is 10.1. The van der Waals surface area contributed by atoms with E-state index in [9.17, 15) is 0 Å². The van der Waals surface area contributed by atoms with Gasteiger partial charge < -0.3 is 13.6 Å². The van der Waals surface area contributed by atoms with Gasteiger partial charge in [0.25, 0.3) is 0 Å². The van der Waals surface area contributed by atoms with Crippen molar-refractivity contribution in [1.29, 1.82) is 0 Å². The van der Waals surface area contributed by atoms with Gasteiger partial charge in [0.05, 0.1) is 13.2 Å². The van der Waals surface area contributed by atoms with E-state index in [4.69, 9.17) is 13.6 Å². The lowest BCUT2D eigenvalue weighted by Crippen LogP contribution is -1.97. The van der Waals surface area contributed by atoms with Gasteiger partial charge in [-0.05, 0) is 12.8 Å². The Kier molecular flexibility index (Phi) is 18.6. The van der Waals surface area contributed by atoms with E-state index in [0.29, 0.717) is 0 Å². The van der Waals surface area contributed by atoms with Gasteiger partial charge >= 0.3 is 8.60 Å². The number of unbranched alkanes of at least 4 members (excludes halogenated alkanes) is 10. The topological polar surface area (TPSA) is 27.7 Å². The third-order valence-corrected chi connectivity index (χ3v) is 4.62. The highest BCUT2D eigenvalue weighted by molar-refractivity contribution is 7.41. The summed E-state index contributed by atoms with van der Waals surface area (Å²) < 4.78 is 16.6. The molecule has 0 saturated carbocycles. The molecule has 0 spiro atoms. The summed E-state index contributed by atoms with van der Waals surface area (Å²) in [5.41, 5.74) is 0. The van der Waals surface area contributed by atoms with Crippen molar-refractivity contribution in [1.82, 2.24) is 0 Å². The van der Waals surface area contributed by atoms with E-state index in [1.807, 2.05) is 0 Å². The van der Waals surface area contributed by atoms with Gasteiger partial charge in [-0.1, -0.05) is 78.1 Å². The Morgan fingerprint density at radius 3 is 1.33 bits per heavy atom. The summed E-state index contributed by atoms with van der Waals surface area (Å²) in [5, 5.41) is 0. The first-order valence-electron chi connectivity index (χ1n) is 8.95. The Bertz CT molecular complexity index is 173. The van der Waals surface area contributed by atoms with Crippen LogP contribution >= 0.6 is 8.60 Å². The van der Waals surface area contributed by atoms with Crippen LogP contribution in [-0.2, 0) is 13.6 Å². The molecule has 4 heteroatoms. The first-order valence-corrected chi connectivity index (χ1v) is 10.0. The SMILES string of the molecule is CCCCCCCCOP(OC)OCCCCCCCC. The van der Waals surface area contributed by atoms with Crippen LogP contribution in [0.3, 0.4) is 0 Å². The molecule has 0 atom stereocenters. The summed E-state index contributed by atoms with van der Waals surface area (Å²) in [6, 6.07) is 0. The minimum atomic E-state index is -1.11. The zero-order valence-electron chi connectivity index (χ0n) is 14.6. The average Bonchev–Trinajstić information content (AvgIpc) is 2.51. The van der Waals surface area contributed by atoms with Crippen molar-refractivity contribution >= 4 is 8.60 Å². The first kappa shape index (κ1) is 21.3. The fourth-order valence-corrected chi connectivity index (χ4v) is 3.03. The molecule has 0 heterocycles. The van der Waals surface area contributed by atoms with Crippen LogP contribution in [0.1, 0.15) is 90.9 Å². The van der Waals surface area contributed by atoms with Crippen molar-refractivity contribution in [3.8, 4) is 0 Å². The molecule has 0 aliphatic carbocycles. The molecule has 128 valence electrons. The molecule has 0 amide bonds. The second kappa shape index (κ2) is 18.4. The zero-order valence-corrected chi connectivity index (χ0v) is 15.5. The molecule has 0 fully saturated rings. The second-order valence-electron chi connectivity index (χ2n) is 5.61. The van der Waals surface area contributed by atoms with Crippen LogP contribution in [0.2, 0.25) is 0 Å². The summed E-state index contributed by atoms with van der Waals surface area (Å²) >= 11 is 0. The Balaban J connectivity index is 3.29. The minimum Gasteiger partial charge on any atom is -0.316 e. The summed E-state index contributed by atoms with van der Waals surface area (Å²) in [6.07, 6.45) is 15.4. The van der Waals surface area contributed by atoms with Crippen LogP contribution in [-0.4, -0.2) is 20.3 Å². The van der Waals surface area contributed by atoms with Gasteiger partial charge in [-0.15, -0.1) is 0 Å². The van der Waals surface area contributed by atoms with Crippen LogP contribution in [0.4, 0.5) is 0 Å². The monoisotopic (exact) mass is 320 g/mol. The van der Waals surface area contributed by atoms with Gasteiger partial charge in [-0.25, -0.2) is 0 Å². The second-order valence-corrected chi connectivity index (χ2v) is 6.94. The van der Waals surface area contributed by atoms with Crippen LogP contribution in [0.25, 0.3) is 0 Å². The standard InChI is InChI=1S/C17H37O3P/c1-4-6-8-10-12-14-16-19-21(18-3)20-17-15-13-11-9-7-5-2/h4-17H2,1-3H3. The van der Waals surface area contributed by atoms with Crippen molar-refractivity contribution in [3.63, 3.8) is 0 Å². The lowest BCUT2D eigenvalue weighted by molar-refractivity contribution is 0.175. The Hall–Kier alpha value is 0.310. The van der Waals surface area contributed by atoms with Crippen molar-refractivity contribution in [2.45, 2.75) is 90.9 Å². The zero-order chi connectivity index (χ0) is 15.6. The first-order chi connectivity index (χ1) is 10.3. The average molecular weight is 320 g/mol. The molecule has 0 unspecified atom stereocenters. The van der Waals surface area contributed by atoms with Crippen LogP contribution < -0.4 is 0 Å². The van der Waals surface area contributed by atoms with Crippen molar-refractivity contribution in [2.75, 3.05) is 20.3 Å². The maximum Gasteiger partial charge on any atom is 0.332 e. The van der Waals surface area contributed by atoms with Gasteiger partial charge in [0.2, 0.25) is 0 Å². The number of rotatable bonds is 17. The molecule has 21 heavy (non-hydrogen) atoms. The van der Waals surface area contributed by atoms with Crippen LogP contribution in [0, 0.1) is 0 Å². The summed E-state index contributed by atoms with van der Waals surface area (Å²) in [7, 11) is 0.561. The molecule has 0 radical (unpaired) electrons. The van der Waals surface area contributed by atoms with Crippen molar-refractivity contribution < 1.29 is 13.6 Å². The molecule has 0 aliphatic heterocycles. The Morgan fingerprint density at radius 2 is 0.952 bits per heavy atom. The maximum absolute atomic E-state index is 5.66. The largest absolute Gasteiger partial charge is 0.332 e. The fourth-order valence-electron chi connectivity index (χ4n) is 2.19. The molecular weight excluding hydrogens is 283 g/mol. The van der Waals surface area contributed by atoms with Crippen molar-refractivity contribution in [2.24, 2.45) is 0 Å². The van der Waals surface area contributed by atoms with E-state index in [-0.39, 0.29) is 0 Å². The number of hydrogen-bond acceptors (Lipinski definition) is 3. The van der Waals surface area contributed by atoms with Gasteiger partial charge in [-0.2, -0.15) is 0 Å². The predicted octanol–water partition coefficient (Wildman–Crippen LogP) is 6.61. The van der Waals surface area contributed by atoms with E-state index < -0.39 is 8.60 Å². The molecule has 0 aromatic heterocycles. The fraction of sp³-hybridized carbons (Fsp3) is 1.00. The molecule has 0 rings (SSSR count). The summed E-state index contributed by atoms with van der Waals surface area (Å²) in [5.74, 6) is 0. The molecule has 0 aromatic rings. The summed E-state index contributed by atoms with van der Waals surface area (Å²) in [6.45, 7) is 6.02. The molecule has 0 saturated heterocycles. The highest BCUT2D eigenvalue weighted by atomic mass is 31.2. The lowest BCUT2D eigenvalue weighted by Gasteiger charge is -2.14. The Morgan fingerprint density at radius 1 is 0.571 bits per heavy atom. The Labute approximate surface area is 134 Å². The molecule has 0 bridgehead atoms. The maximum atomic E-state index is 5.66.